The van der Waals surface area contributed by atoms with Crippen molar-refractivity contribution in [2.45, 2.75) is 12.5 Å². The van der Waals surface area contributed by atoms with Crippen LogP contribution in [0.2, 0.25) is 5.02 Å². The first-order chi connectivity index (χ1) is 18.2. The number of carbonyl (C=O) groups excluding carboxylic acids is 3. The van der Waals surface area contributed by atoms with Gasteiger partial charge in [0, 0.05) is 22.7 Å². The minimum Gasteiger partial charge on any atom is -0.447 e. The summed E-state index contributed by atoms with van der Waals surface area (Å²) in [5, 5.41) is 4.87. The standard InChI is InChI=1S/C26H20ClF3N4O4/c27-14-5-7-18(17(28)13-14)31-25(36)32-19-9-10-33(24(19)35)21-8-6-16(22(29)23(21)30)15-3-1-2-4-20(15)34-11-12-38-26(34)37/h1-8,13,19H,9-12H2,(H2,31,32,36)/t19-/m1/s1. The molecule has 5 rings (SSSR count). The predicted octanol–water partition coefficient (Wildman–Crippen LogP) is 5.31. The van der Waals surface area contributed by atoms with Crippen LogP contribution < -0.4 is 20.4 Å². The zero-order chi connectivity index (χ0) is 27.0. The smallest absolute Gasteiger partial charge is 0.414 e. The van der Waals surface area contributed by atoms with E-state index in [1.807, 2.05) is 0 Å². The van der Waals surface area contributed by atoms with Crippen molar-refractivity contribution in [3.63, 3.8) is 0 Å². The predicted molar refractivity (Wildman–Crippen MR) is 135 cm³/mol. The number of rotatable bonds is 5. The second-order valence-electron chi connectivity index (χ2n) is 8.60. The Hall–Kier alpha value is -4.25. The van der Waals surface area contributed by atoms with Gasteiger partial charge in [-0.15, -0.1) is 0 Å². The Labute approximate surface area is 219 Å². The topological polar surface area (TPSA) is 91.0 Å². The van der Waals surface area contributed by atoms with Gasteiger partial charge < -0.3 is 20.3 Å². The maximum absolute atomic E-state index is 15.3. The molecular weight excluding hydrogens is 525 g/mol. The van der Waals surface area contributed by atoms with Crippen LogP contribution in [0.15, 0.2) is 54.6 Å². The molecule has 2 aliphatic rings. The average molecular weight is 545 g/mol. The Morgan fingerprint density at radius 3 is 2.45 bits per heavy atom. The molecule has 2 heterocycles. The lowest BCUT2D eigenvalue weighted by molar-refractivity contribution is -0.118. The van der Waals surface area contributed by atoms with Crippen LogP contribution in [0.4, 0.5) is 39.8 Å². The molecule has 0 aliphatic carbocycles. The van der Waals surface area contributed by atoms with Crippen LogP contribution in [0.1, 0.15) is 6.42 Å². The molecule has 2 saturated heterocycles. The van der Waals surface area contributed by atoms with Gasteiger partial charge in [0.05, 0.1) is 23.6 Å². The summed E-state index contributed by atoms with van der Waals surface area (Å²) in [4.78, 5) is 39.7. The Bertz CT molecular complexity index is 1450. The number of urea groups is 1. The van der Waals surface area contributed by atoms with Gasteiger partial charge in [0.1, 0.15) is 18.5 Å². The fourth-order valence-corrected chi connectivity index (χ4v) is 4.62. The number of halogens is 4. The number of para-hydroxylation sites is 1. The summed E-state index contributed by atoms with van der Waals surface area (Å²) in [6.07, 6.45) is -0.461. The number of ether oxygens (including phenoxy) is 1. The van der Waals surface area contributed by atoms with Crippen molar-refractivity contribution >= 4 is 46.7 Å². The number of cyclic esters (lactones) is 1. The number of benzene rings is 3. The van der Waals surface area contributed by atoms with E-state index >= 15 is 8.78 Å². The molecule has 2 fully saturated rings. The molecule has 196 valence electrons. The molecule has 2 N–H and O–H groups in total. The summed E-state index contributed by atoms with van der Waals surface area (Å²) in [5.41, 5.74) is 0.133. The van der Waals surface area contributed by atoms with E-state index in [0.29, 0.717) is 5.69 Å². The number of carbonyl (C=O) groups is 3. The Morgan fingerprint density at radius 1 is 0.921 bits per heavy atom. The highest BCUT2D eigenvalue weighted by Gasteiger charge is 2.36. The second kappa shape index (κ2) is 10.3. The van der Waals surface area contributed by atoms with Crippen molar-refractivity contribution in [2.75, 3.05) is 34.8 Å². The maximum Gasteiger partial charge on any atom is 0.414 e. The Kier molecular flexibility index (Phi) is 6.85. The fourth-order valence-electron chi connectivity index (χ4n) is 4.47. The van der Waals surface area contributed by atoms with Crippen LogP contribution in [0, 0.1) is 17.5 Å². The van der Waals surface area contributed by atoms with Crippen LogP contribution >= 0.6 is 11.6 Å². The number of amides is 4. The van der Waals surface area contributed by atoms with Gasteiger partial charge in [-0.1, -0.05) is 29.8 Å². The van der Waals surface area contributed by atoms with E-state index in [9.17, 15) is 18.8 Å². The Balaban J connectivity index is 1.34. The van der Waals surface area contributed by atoms with Crippen molar-refractivity contribution in [1.29, 1.82) is 0 Å². The monoisotopic (exact) mass is 544 g/mol. The van der Waals surface area contributed by atoms with Crippen molar-refractivity contribution in [1.82, 2.24) is 5.32 Å². The number of nitrogens with one attached hydrogen (secondary N) is 2. The van der Waals surface area contributed by atoms with Gasteiger partial charge in [0.2, 0.25) is 5.91 Å². The Morgan fingerprint density at radius 2 is 1.71 bits per heavy atom. The number of hydrogen-bond donors (Lipinski definition) is 2. The lowest BCUT2D eigenvalue weighted by Crippen LogP contribution is -2.43. The molecule has 3 aromatic rings. The van der Waals surface area contributed by atoms with Crippen molar-refractivity contribution in [3.05, 3.63) is 77.1 Å². The van der Waals surface area contributed by atoms with Crippen LogP contribution in [0.25, 0.3) is 11.1 Å². The molecule has 12 heteroatoms. The molecule has 38 heavy (non-hydrogen) atoms. The number of nitrogens with zero attached hydrogens (tertiary/aromatic N) is 2. The van der Waals surface area contributed by atoms with Crippen LogP contribution in [0.3, 0.4) is 0 Å². The molecule has 4 amide bonds. The largest absolute Gasteiger partial charge is 0.447 e. The minimum absolute atomic E-state index is 0.0188. The lowest BCUT2D eigenvalue weighted by atomic mass is 10.0. The lowest BCUT2D eigenvalue weighted by Gasteiger charge is -2.21. The molecule has 8 nitrogen and oxygen atoms in total. The molecular formula is C26H20ClF3N4O4. The third-order valence-electron chi connectivity index (χ3n) is 6.29. The van der Waals surface area contributed by atoms with Crippen LogP contribution in [-0.2, 0) is 9.53 Å². The van der Waals surface area contributed by atoms with E-state index < -0.39 is 41.5 Å². The zero-order valence-electron chi connectivity index (χ0n) is 19.6. The molecule has 1 atom stereocenters. The van der Waals surface area contributed by atoms with E-state index in [2.05, 4.69) is 10.6 Å². The average Bonchev–Trinajstić information content (AvgIpc) is 3.48. The minimum atomic E-state index is -1.25. The van der Waals surface area contributed by atoms with Gasteiger partial charge >= 0.3 is 12.1 Å². The summed E-state index contributed by atoms with van der Waals surface area (Å²) in [6, 6.07) is 10.9. The quantitative estimate of drug-likeness (QED) is 0.455. The summed E-state index contributed by atoms with van der Waals surface area (Å²) >= 11 is 5.70. The van der Waals surface area contributed by atoms with Gasteiger partial charge in [0.15, 0.2) is 11.6 Å². The van der Waals surface area contributed by atoms with Gasteiger partial charge in [0.25, 0.3) is 0 Å². The second-order valence-corrected chi connectivity index (χ2v) is 9.03. The van der Waals surface area contributed by atoms with E-state index in [4.69, 9.17) is 16.3 Å². The van der Waals surface area contributed by atoms with Crippen LogP contribution in [-0.4, -0.2) is 43.8 Å². The molecule has 0 bridgehead atoms. The van der Waals surface area contributed by atoms with Crippen molar-refractivity contribution in [3.8, 4) is 11.1 Å². The SMILES string of the molecule is O=C(Nc1ccc(Cl)cc1F)N[C@@H]1CCN(c2ccc(-c3ccccc3N3CCOC3=O)c(F)c2F)C1=O. The number of hydrogen-bond acceptors (Lipinski definition) is 4. The summed E-state index contributed by atoms with van der Waals surface area (Å²) in [6.45, 7) is 0.472. The van der Waals surface area contributed by atoms with Gasteiger partial charge in [-0.05, 0) is 42.8 Å². The van der Waals surface area contributed by atoms with Crippen molar-refractivity contribution in [2.24, 2.45) is 0 Å². The van der Waals surface area contributed by atoms with E-state index in [1.54, 1.807) is 24.3 Å². The van der Waals surface area contributed by atoms with Gasteiger partial charge in [-0.2, -0.15) is 0 Å². The van der Waals surface area contributed by atoms with E-state index in [-0.39, 0.29) is 53.6 Å². The fraction of sp³-hybridized carbons (Fsp3) is 0.192. The third kappa shape index (κ3) is 4.72. The summed E-state index contributed by atoms with van der Waals surface area (Å²) < 4.78 is 49.5. The molecule has 0 spiro atoms. The molecule has 0 saturated carbocycles. The summed E-state index contributed by atoms with van der Waals surface area (Å²) in [7, 11) is 0. The zero-order valence-corrected chi connectivity index (χ0v) is 20.4. The van der Waals surface area contributed by atoms with Crippen molar-refractivity contribution < 1.29 is 32.3 Å². The van der Waals surface area contributed by atoms with Gasteiger partial charge in [-0.3, -0.25) is 9.69 Å². The molecule has 2 aliphatic heterocycles. The molecule has 0 unspecified atom stereocenters. The highest BCUT2D eigenvalue weighted by atomic mass is 35.5. The third-order valence-corrected chi connectivity index (χ3v) is 6.52. The first-order valence-corrected chi connectivity index (χ1v) is 12.0. The van der Waals surface area contributed by atoms with E-state index in [1.165, 1.54) is 29.2 Å². The number of anilines is 3. The van der Waals surface area contributed by atoms with Crippen LogP contribution in [0.5, 0.6) is 0 Å². The molecule has 0 aromatic heterocycles. The van der Waals surface area contributed by atoms with E-state index in [0.717, 1.165) is 11.0 Å². The molecule has 0 radical (unpaired) electrons. The normalized spacial score (nSPS) is 17.1. The maximum atomic E-state index is 15.3. The summed E-state index contributed by atoms with van der Waals surface area (Å²) in [5.74, 6) is -3.85. The first kappa shape index (κ1) is 25.4. The van der Waals surface area contributed by atoms with Gasteiger partial charge in [-0.25, -0.2) is 22.8 Å². The highest BCUT2D eigenvalue weighted by Crippen LogP contribution is 2.37. The first-order valence-electron chi connectivity index (χ1n) is 11.6. The highest BCUT2D eigenvalue weighted by molar-refractivity contribution is 6.30. The molecule has 3 aromatic carbocycles.